The quantitative estimate of drug-likeness (QED) is 0.303. The minimum atomic E-state index is -3.75. The number of hydrogen-bond donors (Lipinski definition) is 2. The van der Waals surface area contributed by atoms with Gasteiger partial charge >= 0.3 is 0 Å². The summed E-state index contributed by atoms with van der Waals surface area (Å²) < 4.78 is 27.6. The molecule has 0 radical (unpaired) electrons. The Labute approximate surface area is 245 Å². The Morgan fingerprint density at radius 1 is 1.07 bits per heavy atom. The van der Waals surface area contributed by atoms with Crippen LogP contribution in [-0.2, 0) is 9.84 Å². The first-order valence-corrected chi connectivity index (χ1v) is 16.3. The normalized spacial score (nSPS) is 20.5. The zero-order valence-electron chi connectivity index (χ0n) is 23.1. The van der Waals surface area contributed by atoms with E-state index < -0.39 is 9.84 Å². The number of carbonyl (C=O) groups is 1. The number of rotatable bonds is 5. The van der Waals surface area contributed by atoms with Crippen molar-refractivity contribution < 1.29 is 13.2 Å². The number of nitrogens with zero attached hydrogens (tertiary/aromatic N) is 8. The number of amides is 1. The molecule has 2 fully saturated rings. The maximum absolute atomic E-state index is 13.3. The van der Waals surface area contributed by atoms with Crippen molar-refractivity contribution in [3.8, 4) is 22.5 Å². The first kappa shape index (κ1) is 26.6. The fourth-order valence-electron chi connectivity index (χ4n) is 6.35. The standard InChI is InChI=1S/C27H28N10O3S2/c1-13-31-25(35-34-13)27(38)36-17-5-6-18(36)9-16(8-17)22-23(42(3,39)40)24(28)37-26(33-22)19(11-30-37)15-4-7-20(29-10-15)21-12-41-14(2)32-21/h4,7,10-12,16-18H,5-6,8-9,28H2,1-3H3,(H,31,34,35)/t16-,17-,18+. The van der Waals surface area contributed by atoms with E-state index in [0.717, 1.165) is 41.1 Å². The molecule has 1 amide bonds. The number of aromatic nitrogens is 8. The molecular weight excluding hydrogens is 576 g/mol. The molecule has 2 saturated heterocycles. The predicted molar refractivity (Wildman–Crippen MR) is 156 cm³/mol. The van der Waals surface area contributed by atoms with Crippen molar-refractivity contribution in [2.45, 2.75) is 62.4 Å². The van der Waals surface area contributed by atoms with Crippen LogP contribution < -0.4 is 5.73 Å². The summed E-state index contributed by atoms with van der Waals surface area (Å²) in [6, 6.07) is 3.65. The van der Waals surface area contributed by atoms with Gasteiger partial charge in [0, 0.05) is 47.0 Å². The smallest absolute Gasteiger partial charge is 0.294 e. The zero-order valence-corrected chi connectivity index (χ0v) is 24.8. The number of thiazole rings is 1. The third-order valence-electron chi connectivity index (χ3n) is 8.13. The van der Waals surface area contributed by atoms with Crippen LogP contribution in [0.15, 0.2) is 34.8 Å². The van der Waals surface area contributed by atoms with E-state index in [4.69, 9.17) is 10.7 Å². The molecule has 0 aliphatic carbocycles. The van der Waals surface area contributed by atoms with Crippen molar-refractivity contribution in [3.63, 3.8) is 0 Å². The third kappa shape index (κ3) is 4.34. The molecule has 13 nitrogen and oxygen atoms in total. The van der Waals surface area contributed by atoms with Gasteiger partial charge in [0.25, 0.3) is 5.91 Å². The fraction of sp³-hybridized carbons (Fsp3) is 0.370. The number of nitrogens with two attached hydrogens (primary N) is 1. The summed E-state index contributed by atoms with van der Waals surface area (Å²) in [7, 11) is -3.75. The van der Waals surface area contributed by atoms with Crippen LogP contribution in [0.25, 0.3) is 28.2 Å². The molecule has 2 aliphatic rings. The van der Waals surface area contributed by atoms with Gasteiger partial charge in [-0.15, -0.1) is 16.4 Å². The number of carbonyl (C=O) groups excluding carboxylic acids is 1. The van der Waals surface area contributed by atoms with Crippen molar-refractivity contribution in [1.29, 1.82) is 0 Å². The molecule has 0 aromatic carbocycles. The van der Waals surface area contributed by atoms with Crippen molar-refractivity contribution in [3.05, 3.63) is 52.3 Å². The van der Waals surface area contributed by atoms with Crippen LogP contribution in [0.2, 0.25) is 0 Å². The Balaban J connectivity index is 1.27. The Morgan fingerprint density at radius 2 is 1.83 bits per heavy atom. The second-order valence-electron chi connectivity index (χ2n) is 11.0. The second kappa shape index (κ2) is 9.66. The summed E-state index contributed by atoms with van der Waals surface area (Å²) >= 11 is 1.56. The van der Waals surface area contributed by atoms with Crippen LogP contribution in [0.3, 0.4) is 0 Å². The second-order valence-corrected chi connectivity index (χ2v) is 14.0. The van der Waals surface area contributed by atoms with Crippen LogP contribution in [0.5, 0.6) is 0 Å². The van der Waals surface area contributed by atoms with Gasteiger partial charge in [-0.25, -0.2) is 23.4 Å². The van der Waals surface area contributed by atoms with E-state index in [1.54, 1.807) is 30.7 Å². The van der Waals surface area contributed by atoms with E-state index in [1.165, 1.54) is 4.52 Å². The van der Waals surface area contributed by atoms with Gasteiger partial charge in [-0.2, -0.15) is 9.61 Å². The van der Waals surface area contributed by atoms with Gasteiger partial charge in [-0.05, 0) is 45.6 Å². The third-order valence-corrected chi connectivity index (χ3v) is 10.1. The number of hydrogen-bond acceptors (Lipinski definition) is 11. The molecule has 0 spiro atoms. The highest BCUT2D eigenvalue weighted by molar-refractivity contribution is 7.91. The molecule has 2 aliphatic heterocycles. The van der Waals surface area contributed by atoms with Crippen molar-refractivity contribution in [1.82, 2.24) is 44.6 Å². The van der Waals surface area contributed by atoms with Crippen LogP contribution in [0.4, 0.5) is 5.82 Å². The van der Waals surface area contributed by atoms with E-state index in [2.05, 4.69) is 30.2 Å². The molecule has 7 heterocycles. The number of fused-ring (bicyclic) bond motifs is 3. The molecule has 15 heteroatoms. The summed E-state index contributed by atoms with van der Waals surface area (Å²) in [5.74, 6) is 0.322. The van der Waals surface area contributed by atoms with Gasteiger partial charge < -0.3 is 10.6 Å². The van der Waals surface area contributed by atoms with Crippen molar-refractivity contribution in [2.24, 2.45) is 0 Å². The van der Waals surface area contributed by atoms with E-state index in [0.29, 0.717) is 35.6 Å². The summed E-state index contributed by atoms with van der Waals surface area (Å²) in [5.41, 5.74) is 10.4. The molecule has 216 valence electrons. The predicted octanol–water partition coefficient (Wildman–Crippen LogP) is 3.19. The lowest BCUT2D eigenvalue weighted by Gasteiger charge is -2.38. The Morgan fingerprint density at radius 3 is 2.43 bits per heavy atom. The van der Waals surface area contributed by atoms with Gasteiger partial charge in [0.05, 0.1) is 28.3 Å². The van der Waals surface area contributed by atoms with Gasteiger partial charge in [0.1, 0.15) is 16.5 Å². The van der Waals surface area contributed by atoms with Crippen LogP contribution >= 0.6 is 11.3 Å². The average Bonchev–Trinajstić information content (AvgIpc) is 3.74. The number of nitrogens with one attached hydrogen (secondary N) is 1. The summed E-state index contributed by atoms with van der Waals surface area (Å²) in [5, 5.41) is 14.1. The van der Waals surface area contributed by atoms with Gasteiger partial charge in [-0.3, -0.25) is 14.9 Å². The molecule has 0 unspecified atom stereocenters. The number of anilines is 1. The number of sulfone groups is 1. The molecular formula is C27H28N10O3S2. The first-order chi connectivity index (χ1) is 20.1. The van der Waals surface area contributed by atoms with Crippen LogP contribution in [0, 0.1) is 13.8 Å². The molecule has 5 aromatic rings. The lowest BCUT2D eigenvalue weighted by atomic mass is 9.87. The van der Waals surface area contributed by atoms with Gasteiger partial charge in [0.2, 0.25) is 5.82 Å². The van der Waals surface area contributed by atoms with Gasteiger partial charge in [-0.1, -0.05) is 6.07 Å². The number of aryl methyl sites for hydroxylation is 2. The SMILES string of the molecule is Cc1nc(C(=O)N2[C@@H]3CC[C@H]2C[C@H](c2nc4c(-c5ccc(-c6csc(C)n6)nc5)cnn4c(N)c2S(C)(=O)=O)C3)n[nH]1. The van der Waals surface area contributed by atoms with Crippen LogP contribution in [0.1, 0.15) is 58.7 Å². The molecule has 5 aromatic heterocycles. The maximum Gasteiger partial charge on any atom is 0.294 e. The average molecular weight is 605 g/mol. The molecule has 3 atom stereocenters. The lowest BCUT2D eigenvalue weighted by molar-refractivity contribution is 0.0556. The Kier molecular flexibility index (Phi) is 6.13. The molecule has 2 bridgehead atoms. The number of pyridine rings is 1. The first-order valence-electron chi connectivity index (χ1n) is 13.6. The topological polar surface area (TPSA) is 178 Å². The fourth-order valence-corrected chi connectivity index (χ4v) is 8.02. The van der Waals surface area contributed by atoms with Crippen molar-refractivity contribution in [2.75, 3.05) is 12.0 Å². The Hall–Kier alpha value is -4.24. The minimum Gasteiger partial charge on any atom is -0.382 e. The number of nitrogen functional groups attached to an aromatic ring is 1. The van der Waals surface area contributed by atoms with E-state index in [9.17, 15) is 13.2 Å². The number of H-pyrrole nitrogens is 1. The summed E-state index contributed by atoms with van der Waals surface area (Å²) in [4.78, 5) is 33.4. The van der Waals surface area contributed by atoms with Crippen molar-refractivity contribution >= 4 is 38.5 Å². The van der Waals surface area contributed by atoms with E-state index in [-0.39, 0.29) is 40.4 Å². The van der Waals surface area contributed by atoms with E-state index >= 15 is 0 Å². The molecule has 42 heavy (non-hydrogen) atoms. The number of aromatic amines is 1. The number of piperidine rings is 1. The van der Waals surface area contributed by atoms with Gasteiger partial charge in [0.15, 0.2) is 15.5 Å². The van der Waals surface area contributed by atoms with E-state index in [1.807, 2.05) is 29.3 Å². The minimum absolute atomic E-state index is 0.00852. The van der Waals surface area contributed by atoms with Crippen LogP contribution in [-0.4, -0.2) is 77.3 Å². The Bertz CT molecular complexity index is 1950. The lowest BCUT2D eigenvalue weighted by Crippen LogP contribution is -2.46. The molecule has 0 saturated carbocycles. The highest BCUT2D eigenvalue weighted by Gasteiger charge is 2.46. The maximum atomic E-state index is 13.3. The zero-order chi connectivity index (χ0) is 29.3. The highest BCUT2D eigenvalue weighted by atomic mass is 32.2. The summed E-state index contributed by atoms with van der Waals surface area (Å²) in [6.07, 6.45) is 7.25. The monoisotopic (exact) mass is 604 g/mol. The largest absolute Gasteiger partial charge is 0.382 e. The highest BCUT2D eigenvalue weighted by Crippen LogP contribution is 2.45. The summed E-state index contributed by atoms with van der Waals surface area (Å²) in [6.45, 7) is 3.70. The molecule has 3 N–H and O–H groups in total. The molecule has 7 rings (SSSR count).